The Bertz CT molecular complexity index is 1560. The molecule has 0 aliphatic carbocycles. The van der Waals surface area contributed by atoms with Crippen LogP contribution in [0.2, 0.25) is 0 Å². The third-order valence-corrected chi connectivity index (χ3v) is 7.59. The number of nitro benzene ring substituents is 1. The molecule has 0 atom stereocenters. The molecule has 0 amide bonds. The third-order valence-electron chi connectivity index (χ3n) is 5.57. The quantitative estimate of drug-likeness (QED) is 0.114. The first-order valence-electron chi connectivity index (χ1n) is 11.6. The second kappa shape index (κ2) is 11.8. The van der Waals surface area contributed by atoms with Gasteiger partial charge in [-0.3, -0.25) is 24.5 Å². The minimum absolute atomic E-state index is 0.181. The fourth-order valence-electron chi connectivity index (χ4n) is 3.76. The van der Waals surface area contributed by atoms with Crippen molar-refractivity contribution in [1.82, 2.24) is 19.7 Å². The summed E-state index contributed by atoms with van der Waals surface area (Å²) in [5.74, 6) is 1.79. The van der Waals surface area contributed by atoms with Gasteiger partial charge in [0.1, 0.15) is 11.5 Å². The molecule has 8 nitrogen and oxygen atoms in total. The van der Waals surface area contributed by atoms with Crippen LogP contribution in [0, 0.1) is 10.1 Å². The van der Waals surface area contributed by atoms with E-state index >= 15 is 0 Å². The summed E-state index contributed by atoms with van der Waals surface area (Å²) >= 11 is 2.86. The number of benzene rings is 3. The van der Waals surface area contributed by atoms with Gasteiger partial charge in [-0.2, -0.15) is 0 Å². The largest absolute Gasteiger partial charge is 0.287 e. The molecule has 0 saturated heterocycles. The first-order chi connectivity index (χ1) is 18.6. The summed E-state index contributed by atoms with van der Waals surface area (Å²) in [6.07, 6.45) is 1.51. The molecule has 2 aromatic heterocycles. The van der Waals surface area contributed by atoms with E-state index in [1.54, 1.807) is 42.1 Å². The van der Waals surface area contributed by atoms with Gasteiger partial charge < -0.3 is 0 Å². The van der Waals surface area contributed by atoms with Crippen molar-refractivity contribution in [3.8, 4) is 5.69 Å². The average molecular weight is 540 g/mol. The fraction of sp³-hybridized carbons (Fsp3) is 0.0714. The molecule has 3 aromatic carbocycles. The highest BCUT2D eigenvalue weighted by atomic mass is 32.2. The Morgan fingerprint density at radius 3 is 2.32 bits per heavy atom. The SMILES string of the molecule is O=C(c1ccc(Sc2nnc(CSCc3ccccc3)n2-c2ccccc2)c([N+](=O)[O-])c1)c1ccccn1. The molecular weight excluding hydrogens is 518 g/mol. The van der Waals surface area contributed by atoms with Gasteiger partial charge in [-0.05, 0) is 53.7 Å². The molecule has 0 saturated carbocycles. The Morgan fingerprint density at radius 1 is 0.868 bits per heavy atom. The summed E-state index contributed by atoms with van der Waals surface area (Å²) in [5, 5.41) is 21.3. The lowest BCUT2D eigenvalue weighted by molar-refractivity contribution is -0.387. The van der Waals surface area contributed by atoms with Crippen molar-refractivity contribution in [3.63, 3.8) is 0 Å². The molecule has 0 spiro atoms. The zero-order valence-electron chi connectivity index (χ0n) is 20.0. The lowest BCUT2D eigenvalue weighted by Crippen LogP contribution is -2.05. The summed E-state index contributed by atoms with van der Waals surface area (Å²) in [5.41, 5.74) is 2.32. The second-order valence-corrected chi connectivity index (χ2v) is 10.1. The zero-order valence-corrected chi connectivity index (χ0v) is 21.6. The van der Waals surface area contributed by atoms with Crippen LogP contribution in [0.1, 0.15) is 27.4 Å². The van der Waals surface area contributed by atoms with E-state index in [1.165, 1.54) is 17.8 Å². The van der Waals surface area contributed by atoms with Crippen LogP contribution in [0.5, 0.6) is 0 Å². The van der Waals surface area contributed by atoms with Gasteiger partial charge in [0.05, 0.1) is 15.6 Å². The monoisotopic (exact) mass is 539 g/mol. The molecule has 0 aliphatic rings. The number of carbonyl (C=O) groups is 1. The molecule has 5 aromatic rings. The fourth-order valence-corrected chi connectivity index (χ4v) is 5.62. The summed E-state index contributed by atoms with van der Waals surface area (Å²) < 4.78 is 1.92. The van der Waals surface area contributed by atoms with Gasteiger partial charge in [0.2, 0.25) is 10.9 Å². The van der Waals surface area contributed by atoms with E-state index < -0.39 is 4.92 Å². The van der Waals surface area contributed by atoms with E-state index in [4.69, 9.17) is 0 Å². The predicted octanol–water partition coefficient (Wildman–Crippen LogP) is 6.39. The van der Waals surface area contributed by atoms with Crippen LogP contribution in [0.25, 0.3) is 5.69 Å². The van der Waals surface area contributed by atoms with Gasteiger partial charge >= 0.3 is 0 Å². The number of rotatable bonds is 10. The highest BCUT2D eigenvalue weighted by Crippen LogP contribution is 2.36. The van der Waals surface area contributed by atoms with Gasteiger partial charge in [-0.25, -0.2) is 0 Å². The van der Waals surface area contributed by atoms with Crippen LogP contribution in [0.4, 0.5) is 5.69 Å². The molecule has 0 N–H and O–H groups in total. The smallest absolute Gasteiger partial charge is 0.284 e. The molecule has 2 heterocycles. The summed E-state index contributed by atoms with van der Waals surface area (Å²) in [6.45, 7) is 0. The van der Waals surface area contributed by atoms with E-state index in [0.29, 0.717) is 15.8 Å². The molecule has 0 radical (unpaired) electrons. The summed E-state index contributed by atoms with van der Waals surface area (Å²) in [6, 6.07) is 29.3. The number of carbonyl (C=O) groups excluding carboxylic acids is 1. The van der Waals surface area contributed by atoms with Crippen molar-refractivity contribution in [3.05, 3.63) is 136 Å². The Morgan fingerprint density at radius 2 is 1.61 bits per heavy atom. The molecule has 0 aliphatic heterocycles. The van der Waals surface area contributed by atoms with Crippen LogP contribution in [0.3, 0.4) is 0 Å². The Labute approximate surface area is 227 Å². The van der Waals surface area contributed by atoms with Crippen molar-refractivity contribution in [2.45, 2.75) is 21.6 Å². The van der Waals surface area contributed by atoms with Crippen molar-refractivity contribution in [1.29, 1.82) is 0 Å². The third kappa shape index (κ3) is 5.82. The van der Waals surface area contributed by atoms with Crippen LogP contribution < -0.4 is 0 Å². The van der Waals surface area contributed by atoms with E-state index in [-0.39, 0.29) is 22.7 Å². The first kappa shape index (κ1) is 25.4. The predicted molar refractivity (Wildman–Crippen MR) is 148 cm³/mol. The number of pyridine rings is 1. The highest BCUT2D eigenvalue weighted by Gasteiger charge is 2.23. The minimum atomic E-state index is -0.489. The lowest BCUT2D eigenvalue weighted by Gasteiger charge is -2.11. The van der Waals surface area contributed by atoms with Gasteiger partial charge in [0.25, 0.3) is 5.69 Å². The van der Waals surface area contributed by atoms with Crippen LogP contribution in [-0.2, 0) is 11.5 Å². The standard InChI is InChI=1S/C28H21N5O3S2/c34-27(23-13-7-8-16-29-23)21-14-15-25(24(17-21)33(35)36)38-28-31-30-26(32(28)22-11-5-2-6-12-22)19-37-18-20-9-3-1-4-10-20/h1-17H,18-19H2. The first-order valence-corrected chi connectivity index (χ1v) is 13.6. The number of hydrogen-bond acceptors (Lipinski definition) is 8. The van der Waals surface area contributed by atoms with Gasteiger partial charge in [-0.15, -0.1) is 22.0 Å². The van der Waals surface area contributed by atoms with Crippen LogP contribution in [-0.4, -0.2) is 30.5 Å². The molecule has 38 heavy (non-hydrogen) atoms. The molecule has 0 unspecified atom stereocenters. The van der Waals surface area contributed by atoms with Gasteiger partial charge in [0.15, 0.2) is 0 Å². The highest BCUT2D eigenvalue weighted by molar-refractivity contribution is 7.99. The molecular formula is C28H21N5O3S2. The number of hydrogen-bond donors (Lipinski definition) is 0. The summed E-state index contributed by atoms with van der Waals surface area (Å²) in [4.78, 5) is 28.7. The number of nitro groups is 1. The second-order valence-electron chi connectivity index (χ2n) is 8.13. The van der Waals surface area contributed by atoms with Crippen LogP contribution in [0.15, 0.2) is 113 Å². The average Bonchev–Trinajstić information content (AvgIpc) is 3.36. The Hall–Kier alpha value is -4.28. The maximum absolute atomic E-state index is 12.8. The normalized spacial score (nSPS) is 10.8. The van der Waals surface area contributed by atoms with E-state index in [2.05, 4.69) is 27.3 Å². The molecule has 0 fully saturated rings. The lowest BCUT2D eigenvalue weighted by atomic mass is 10.1. The number of para-hydroxylation sites is 1. The maximum Gasteiger partial charge on any atom is 0.284 e. The van der Waals surface area contributed by atoms with Crippen molar-refractivity contribution in [2.75, 3.05) is 0 Å². The number of aromatic nitrogens is 4. The van der Waals surface area contributed by atoms with Crippen molar-refractivity contribution >= 4 is 35.0 Å². The molecule has 5 rings (SSSR count). The molecule has 0 bridgehead atoms. The maximum atomic E-state index is 12.8. The van der Waals surface area contributed by atoms with E-state index in [0.717, 1.165) is 29.0 Å². The summed E-state index contributed by atoms with van der Waals surface area (Å²) in [7, 11) is 0. The topological polar surface area (TPSA) is 104 Å². The van der Waals surface area contributed by atoms with Crippen molar-refractivity contribution in [2.24, 2.45) is 0 Å². The minimum Gasteiger partial charge on any atom is -0.287 e. The van der Waals surface area contributed by atoms with Crippen molar-refractivity contribution < 1.29 is 9.72 Å². The van der Waals surface area contributed by atoms with E-state index in [9.17, 15) is 14.9 Å². The number of nitrogens with zero attached hydrogens (tertiary/aromatic N) is 5. The van der Waals surface area contributed by atoms with Gasteiger partial charge in [-0.1, -0.05) is 54.6 Å². The molecule has 10 heteroatoms. The molecule has 188 valence electrons. The zero-order chi connectivity index (χ0) is 26.3. The van der Waals surface area contributed by atoms with Gasteiger partial charge in [0, 0.05) is 29.3 Å². The Balaban J connectivity index is 1.44. The van der Waals surface area contributed by atoms with Crippen LogP contribution >= 0.6 is 23.5 Å². The number of ketones is 1. The number of thioether (sulfide) groups is 1. The Kier molecular flexibility index (Phi) is 7.91. The van der Waals surface area contributed by atoms with E-state index in [1.807, 2.05) is 53.1 Å².